The minimum Gasteiger partial charge on any atom is -0.0622 e. The second kappa shape index (κ2) is 10.1. The topological polar surface area (TPSA) is 0 Å². The van der Waals surface area contributed by atoms with Crippen LogP contribution in [0.4, 0.5) is 0 Å². The summed E-state index contributed by atoms with van der Waals surface area (Å²) >= 11 is 0. The van der Waals surface area contributed by atoms with Gasteiger partial charge in [-0.25, -0.2) is 0 Å². The zero-order chi connectivity index (χ0) is 21.7. The Labute approximate surface area is 184 Å². The van der Waals surface area contributed by atoms with Crippen molar-refractivity contribution in [3.8, 4) is 0 Å². The summed E-state index contributed by atoms with van der Waals surface area (Å²) in [5.41, 5.74) is 13.2. The molecule has 0 aliphatic carbocycles. The second-order valence-corrected chi connectivity index (χ2v) is 9.34. The van der Waals surface area contributed by atoms with Crippen molar-refractivity contribution < 1.29 is 0 Å². The highest BCUT2D eigenvalue weighted by atomic mass is 14.2. The summed E-state index contributed by atoms with van der Waals surface area (Å²) in [6.45, 7) is 13.6. The molecule has 0 heteroatoms. The van der Waals surface area contributed by atoms with E-state index in [0.717, 1.165) is 12.8 Å². The summed E-state index contributed by atoms with van der Waals surface area (Å²) in [5.74, 6) is 0.686. The van der Waals surface area contributed by atoms with Crippen LogP contribution in [0.3, 0.4) is 0 Å². The molecule has 3 aromatic rings. The largest absolute Gasteiger partial charge is 0.0622 e. The first-order valence-corrected chi connectivity index (χ1v) is 11.5. The normalized spacial score (nSPS) is 12.2. The van der Waals surface area contributed by atoms with Crippen LogP contribution >= 0.6 is 0 Å². The van der Waals surface area contributed by atoms with Crippen LogP contribution in [0.2, 0.25) is 0 Å². The zero-order valence-corrected chi connectivity index (χ0v) is 19.8. The number of hydrogen-bond acceptors (Lipinski definition) is 0. The van der Waals surface area contributed by atoms with Gasteiger partial charge in [-0.2, -0.15) is 0 Å². The Hall–Kier alpha value is -2.34. The third kappa shape index (κ3) is 5.63. The molecule has 3 aromatic carbocycles. The van der Waals surface area contributed by atoms with Crippen LogP contribution in [0, 0.1) is 40.5 Å². The molecule has 0 unspecified atom stereocenters. The fourth-order valence-electron chi connectivity index (χ4n) is 4.50. The van der Waals surface area contributed by atoms with Crippen LogP contribution in [-0.4, -0.2) is 0 Å². The lowest BCUT2D eigenvalue weighted by Crippen LogP contribution is -2.07. The highest BCUT2D eigenvalue weighted by Gasteiger charge is 2.11. The van der Waals surface area contributed by atoms with Crippen molar-refractivity contribution in [2.75, 3.05) is 0 Å². The lowest BCUT2D eigenvalue weighted by molar-refractivity contribution is 0.527. The van der Waals surface area contributed by atoms with Gasteiger partial charge in [-0.15, -0.1) is 0 Å². The Kier molecular flexibility index (Phi) is 7.53. The predicted octanol–water partition coefficient (Wildman–Crippen LogP) is 7.83. The predicted molar refractivity (Wildman–Crippen MR) is 132 cm³/mol. The average Bonchev–Trinajstić information content (AvgIpc) is 2.71. The van der Waals surface area contributed by atoms with E-state index in [4.69, 9.17) is 0 Å². The molecule has 0 aliphatic heterocycles. The molecule has 0 fully saturated rings. The van der Waals surface area contributed by atoms with Crippen LogP contribution in [-0.2, 0) is 25.7 Å². The maximum atomic E-state index is 2.42. The quantitative estimate of drug-likeness (QED) is 0.363. The van der Waals surface area contributed by atoms with E-state index in [-0.39, 0.29) is 0 Å². The van der Waals surface area contributed by atoms with Gasteiger partial charge in [0.15, 0.2) is 0 Å². The second-order valence-electron chi connectivity index (χ2n) is 9.34. The number of hydrogen-bond donors (Lipinski definition) is 0. The maximum Gasteiger partial charge on any atom is -0.0235 e. The number of benzene rings is 3. The fourth-order valence-corrected chi connectivity index (χ4v) is 4.50. The molecule has 0 N–H and O–H groups in total. The van der Waals surface area contributed by atoms with Crippen molar-refractivity contribution in [3.63, 3.8) is 0 Å². The fraction of sp³-hybridized carbons (Fsp3) is 0.400. The zero-order valence-electron chi connectivity index (χ0n) is 19.8. The van der Waals surface area contributed by atoms with Gasteiger partial charge in [-0.05, 0) is 117 Å². The molecule has 0 radical (unpaired) electrons. The molecule has 0 saturated heterocycles. The van der Waals surface area contributed by atoms with Crippen molar-refractivity contribution in [1.82, 2.24) is 0 Å². The Morgan fingerprint density at radius 1 is 0.600 bits per heavy atom. The smallest absolute Gasteiger partial charge is 0.0235 e. The van der Waals surface area contributed by atoms with E-state index < -0.39 is 0 Å². The van der Waals surface area contributed by atoms with Crippen LogP contribution in [0.25, 0.3) is 0 Å². The van der Waals surface area contributed by atoms with Gasteiger partial charge < -0.3 is 0 Å². The highest BCUT2D eigenvalue weighted by molar-refractivity contribution is 5.37. The van der Waals surface area contributed by atoms with E-state index in [1.807, 2.05) is 0 Å². The third-order valence-corrected chi connectivity index (χ3v) is 6.93. The van der Waals surface area contributed by atoms with Gasteiger partial charge in [0.05, 0.1) is 0 Å². The van der Waals surface area contributed by atoms with Crippen LogP contribution in [0.15, 0.2) is 54.6 Å². The summed E-state index contributed by atoms with van der Waals surface area (Å²) in [5, 5.41) is 0. The summed E-state index contributed by atoms with van der Waals surface area (Å²) in [7, 11) is 0. The van der Waals surface area contributed by atoms with Gasteiger partial charge in [0, 0.05) is 0 Å². The van der Waals surface area contributed by atoms with E-state index in [1.54, 1.807) is 5.56 Å². The van der Waals surface area contributed by atoms with Crippen molar-refractivity contribution in [2.45, 2.75) is 73.6 Å². The molecule has 0 aromatic heterocycles. The number of rotatable bonds is 8. The van der Waals surface area contributed by atoms with E-state index >= 15 is 0 Å². The summed E-state index contributed by atoms with van der Waals surface area (Å²) in [6, 6.07) is 20.5. The molecule has 3 rings (SSSR count). The van der Waals surface area contributed by atoms with Gasteiger partial charge in [0.2, 0.25) is 0 Å². The maximum absolute atomic E-state index is 2.42. The molecule has 30 heavy (non-hydrogen) atoms. The van der Waals surface area contributed by atoms with E-state index in [2.05, 4.69) is 96.1 Å². The molecular formula is C30H38. The van der Waals surface area contributed by atoms with Gasteiger partial charge in [-0.3, -0.25) is 0 Å². The highest BCUT2D eigenvalue weighted by Crippen LogP contribution is 2.23. The van der Waals surface area contributed by atoms with Crippen molar-refractivity contribution in [3.05, 3.63) is 105 Å². The SMILES string of the molecule is Cc1ccc(CCc2cccc(C)c2C)c(C[C@H](C)CCc2cccc(C)c2C)c1. The average molecular weight is 399 g/mol. The van der Waals surface area contributed by atoms with Gasteiger partial charge in [0.1, 0.15) is 0 Å². The summed E-state index contributed by atoms with van der Waals surface area (Å²) in [4.78, 5) is 0. The summed E-state index contributed by atoms with van der Waals surface area (Å²) in [6.07, 6.45) is 5.85. The Balaban J connectivity index is 1.67. The molecule has 0 bridgehead atoms. The van der Waals surface area contributed by atoms with E-state index in [1.165, 1.54) is 63.8 Å². The molecule has 158 valence electrons. The molecule has 1 atom stereocenters. The van der Waals surface area contributed by atoms with Crippen molar-refractivity contribution >= 4 is 0 Å². The third-order valence-electron chi connectivity index (χ3n) is 6.93. The summed E-state index contributed by atoms with van der Waals surface area (Å²) < 4.78 is 0. The van der Waals surface area contributed by atoms with Crippen LogP contribution < -0.4 is 0 Å². The minimum atomic E-state index is 0.686. The Morgan fingerprint density at radius 3 is 1.80 bits per heavy atom. The molecular weight excluding hydrogens is 360 g/mol. The molecule has 0 aliphatic rings. The monoisotopic (exact) mass is 398 g/mol. The number of aryl methyl sites for hydroxylation is 6. The molecule has 0 heterocycles. The van der Waals surface area contributed by atoms with Gasteiger partial charge >= 0.3 is 0 Å². The molecule has 0 saturated carbocycles. The lowest BCUT2D eigenvalue weighted by atomic mass is 9.88. The van der Waals surface area contributed by atoms with Gasteiger partial charge in [0.25, 0.3) is 0 Å². The first-order valence-electron chi connectivity index (χ1n) is 11.5. The minimum absolute atomic E-state index is 0.686. The Morgan fingerprint density at radius 2 is 1.17 bits per heavy atom. The molecule has 0 spiro atoms. The molecule has 0 nitrogen and oxygen atoms in total. The standard InChI is InChI=1S/C30H38/c1-21(13-15-27-11-7-9-23(3)25(27)5)19-30-20-22(2)14-16-29(30)18-17-28-12-8-10-24(4)26(28)6/h7-12,14,16,20-21H,13,15,17-19H2,1-6H3/t21-/m1/s1. The van der Waals surface area contributed by atoms with E-state index in [0.29, 0.717) is 5.92 Å². The lowest BCUT2D eigenvalue weighted by Gasteiger charge is -2.17. The van der Waals surface area contributed by atoms with Crippen molar-refractivity contribution in [1.29, 1.82) is 0 Å². The first-order chi connectivity index (χ1) is 14.3. The molecule has 0 amide bonds. The first kappa shape index (κ1) is 22.3. The van der Waals surface area contributed by atoms with Crippen LogP contribution in [0.1, 0.15) is 63.4 Å². The van der Waals surface area contributed by atoms with Crippen LogP contribution in [0.5, 0.6) is 0 Å². The van der Waals surface area contributed by atoms with Crippen molar-refractivity contribution in [2.24, 2.45) is 5.92 Å². The Bertz CT molecular complexity index is 993. The van der Waals surface area contributed by atoms with Gasteiger partial charge in [-0.1, -0.05) is 67.1 Å². The van der Waals surface area contributed by atoms with E-state index in [9.17, 15) is 0 Å².